The third kappa shape index (κ3) is 3.11. The van der Waals surface area contributed by atoms with Crippen molar-refractivity contribution in [2.75, 3.05) is 6.79 Å². The largest absolute Gasteiger partial charge is 0.506 e. The van der Waals surface area contributed by atoms with Crippen molar-refractivity contribution >= 4 is 41.1 Å². The lowest BCUT2D eigenvalue weighted by atomic mass is 9.94. The third-order valence-electron chi connectivity index (χ3n) is 3.07. The number of nitrogens with zero attached hydrogens (tertiary/aromatic N) is 1. The van der Waals surface area contributed by atoms with Crippen LogP contribution in [-0.2, 0) is 11.3 Å². The summed E-state index contributed by atoms with van der Waals surface area (Å²) in [4.78, 5) is 4.36. The topological polar surface area (TPSA) is 51.1 Å². The number of phenols is 1. The first kappa shape index (κ1) is 14.2. The molecule has 0 saturated carbocycles. The molecule has 2 aromatic rings. The normalized spacial score (nSPS) is 14.0. The van der Waals surface area contributed by atoms with E-state index in [2.05, 4.69) is 20.9 Å². The van der Waals surface area contributed by atoms with Gasteiger partial charge < -0.3 is 14.6 Å². The van der Waals surface area contributed by atoms with E-state index in [9.17, 15) is 5.11 Å². The number of phenolic OH excluding ortho intramolecular Hbond substituents is 1. The monoisotopic (exact) mass is 343 g/mol. The highest BCUT2D eigenvalue weighted by molar-refractivity contribution is 9.10. The van der Waals surface area contributed by atoms with Crippen molar-refractivity contribution in [3.05, 3.63) is 45.9 Å². The average Bonchev–Trinajstić information content (AvgIpc) is 2.49. The molecule has 2 radical (unpaired) electrons. The minimum Gasteiger partial charge on any atom is -0.506 e. The zero-order valence-corrected chi connectivity index (χ0v) is 12.6. The number of aromatic hydroxyl groups is 1. The molecule has 0 atom stereocenters. The SMILES string of the molecule is [B]c1cc(Br)c(O)c(C=Nc2ccc3c(c2)COCO3)c1. The van der Waals surface area contributed by atoms with E-state index in [1.54, 1.807) is 18.3 Å². The summed E-state index contributed by atoms with van der Waals surface area (Å²) in [6.45, 7) is 0.786. The van der Waals surface area contributed by atoms with Crippen LogP contribution < -0.4 is 10.2 Å². The Morgan fingerprint density at radius 3 is 3.00 bits per heavy atom. The number of aliphatic imine (C=N–C) groups is 1. The van der Waals surface area contributed by atoms with Crippen molar-refractivity contribution in [3.8, 4) is 11.5 Å². The summed E-state index contributed by atoms with van der Waals surface area (Å²) >= 11 is 3.25. The maximum Gasteiger partial charge on any atom is 0.189 e. The smallest absolute Gasteiger partial charge is 0.189 e. The number of ether oxygens (including phenoxy) is 2. The van der Waals surface area contributed by atoms with Crippen molar-refractivity contribution in [1.29, 1.82) is 0 Å². The standard InChI is InChI=1S/C15H11BBrNO3/c16-11-3-9(15(19)13(17)5-11)6-18-12-1-2-14-10(4-12)7-20-8-21-14/h1-6,19H,7-8H2. The van der Waals surface area contributed by atoms with E-state index >= 15 is 0 Å². The summed E-state index contributed by atoms with van der Waals surface area (Å²) in [6.07, 6.45) is 1.57. The van der Waals surface area contributed by atoms with Crippen LogP contribution in [0.3, 0.4) is 0 Å². The second kappa shape index (κ2) is 5.91. The molecule has 4 nitrogen and oxygen atoms in total. The van der Waals surface area contributed by atoms with E-state index in [1.807, 2.05) is 18.2 Å². The van der Waals surface area contributed by atoms with E-state index < -0.39 is 0 Å². The van der Waals surface area contributed by atoms with E-state index in [0.717, 1.165) is 17.0 Å². The second-order valence-corrected chi connectivity index (χ2v) is 5.46. The van der Waals surface area contributed by atoms with Crippen molar-refractivity contribution < 1.29 is 14.6 Å². The van der Waals surface area contributed by atoms with Gasteiger partial charge in [-0.15, -0.1) is 0 Å². The number of hydrogen-bond donors (Lipinski definition) is 1. The lowest BCUT2D eigenvalue weighted by molar-refractivity contribution is -0.0163. The Bertz CT molecular complexity index is 718. The van der Waals surface area contributed by atoms with E-state index in [0.29, 0.717) is 22.1 Å². The lowest BCUT2D eigenvalue weighted by Gasteiger charge is -2.17. The molecule has 6 heteroatoms. The van der Waals surface area contributed by atoms with Crippen LogP contribution >= 0.6 is 15.9 Å². The Kier molecular flexibility index (Phi) is 3.99. The van der Waals surface area contributed by atoms with Gasteiger partial charge in [0, 0.05) is 17.3 Å². The van der Waals surface area contributed by atoms with E-state index in [4.69, 9.17) is 17.3 Å². The molecule has 0 saturated heterocycles. The maximum atomic E-state index is 9.96. The molecular formula is C15H11BBrNO3. The Balaban J connectivity index is 1.89. The minimum atomic E-state index is 0.109. The summed E-state index contributed by atoms with van der Waals surface area (Å²) in [7, 11) is 5.75. The first-order valence-corrected chi connectivity index (χ1v) is 7.08. The highest BCUT2D eigenvalue weighted by atomic mass is 79.9. The molecule has 0 aromatic heterocycles. The molecule has 0 amide bonds. The molecule has 0 unspecified atom stereocenters. The highest BCUT2D eigenvalue weighted by Crippen LogP contribution is 2.29. The van der Waals surface area contributed by atoms with Crippen LogP contribution in [0.5, 0.6) is 11.5 Å². The van der Waals surface area contributed by atoms with Gasteiger partial charge in [-0.1, -0.05) is 17.6 Å². The van der Waals surface area contributed by atoms with Gasteiger partial charge in [0.05, 0.1) is 16.8 Å². The molecule has 1 aliphatic rings. The van der Waals surface area contributed by atoms with Gasteiger partial charge in [0.1, 0.15) is 19.3 Å². The number of fused-ring (bicyclic) bond motifs is 1. The Morgan fingerprint density at radius 2 is 2.14 bits per heavy atom. The number of rotatable bonds is 2. The minimum absolute atomic E-state index is 0.109. The third-order valence-corrected chi connectivity index (χ3v) is 3.67. The maximum absolute atomic E-state index is 9.96. The van der Waals surface area contributed by atoms with Crippen LogP contribution in [-0.4, -0.2) is 26.0 Å². The van der Waals surface area contributed by atoms with Gasteiger partial charge in [-0.05, 0) is 34.1 Å². The molecule has 3 rings (SSSR count). The van der Waals surface area contributed by atoms with Crippen LogP contribution in [0.15, 0.2) is 39.8 Å². The summed E-state index contributed by atoms with van der Waals surface area (Å²) in [5.74, 6) is 0.923. The Labute approximate surface area is 132 Å². The fourth-order valence-corrected chi connectivity index (χ4v) is 2.53. The molecule has 2 aromatic carbocycles. The molecule has 1 aliphatic heterocycles. The van der Waals surface area contributed by atoms with Crippen LogP contribution in [0.1, 0.15) is 11.1 Å². The van der Waals surface area contributed by atoms with Crippen molar-refractivity contribution in [3.63, 3.8) is 0 Å². The zero-order chi connectivity index (χ0) is 14.8. The Hall–Kier alpha value is -1.79. The van der Waals surface area contributed by atoms with Gasteiger partial charge in [0.25, 0.3) is 0 Å². The quantitative estimate of drug-likeness (QED) is 0.673. The number of benzene rings is 2. The molecular weight excluding hydrogens is 333 g/mol. The first-order chi connectivity index (χ1) is 10.1. The number of halogens is 1. The fourth-order valence-electron chi connectivity index (χ4n) is 2.04. The molecule has 21 heavy (non-hydrogen) atoms. The molecule has 104 valence electrons. The molecule has 1 heterocycles. The molecule has 0 bridgehead atoms. The summed E-state index contributed by atoms with van der Waals surface area (Å²) in [6, 6.07) is 8.90. The van der Waals surface area contributed by atoms with Gasteiger partial charge in [-0.2, -0.15) is 0 Å². The molecule has 0 fully saturated rings. The summed E-state index contributed by atoms with van der Waals surface area (Å²) in [5, 5.41) is 9.96. The van der Waals surface area contributed by atoms with Gasteiger partial charge in [-0.25, -0.2) is 0 Å². The summed E-state index contributed by atoms with van der Waals surface area (Å²) < 4.78 is 11.1. The van der Waals surface area contributed by atoms with E-state index in [1.165, 1.54) is 0 Å². The van der Waals surface area contributed by atoms with Crippen molar-refractivity contribution in [2.45, 2.75) is 6.61 Å². The Morgan fingerprint density at radius 1 is 1.29 bits per heavy atom. The molecule has 1 N–H and O–H groups in total. The number of hydrogen-bond acceptors (Lipinski definition) is 4. The predicted molar refractivity (Wildman–Crippen MR) is 85.2 cm³/mol. The van der Waals surface area contributed by atoms with Crippen LogP contribution in [0.4, 0.5) is 5.69 Å². The summed E-state index contributed by atoms with van der Waals surface area (Å²) in [5.41, 5.74) is 2.80. The van der Waals surface area contributed by atoms with Gasteiger partial charge in [0.15, 0.2) is 6.79 Å². The molecule has 0 spiro atoms. The fraction of sp³-hybridized carbons (Fsp3) is 0.133. The molecule has 0 aliphatic carbocycles. The second-order valence-electron chi connectivity index (χ2n) is 4.60. The average molecular weight is 344 g/mol. The van der Waals surface area contributed by atoms with Crippen LogP contribution in [0, 0.1) is 0 Å². The van der Waals surface area contributed by atoms with Gasteiger partial charge in [0.2, 0.25) is 0 Å². The van der Waals surface area contributed by atoms with Crippen molar-refractivity contribution in [1.82, 2.24) is 0 Å². The highest BCUT2D eigenvalue weighted by Gasteiger charge is 2.10. The van der Waals surface area contributed by atoms with Crippen LogP contribution in [0.25, 0.3) is 0 Å². The van der Waals surface area contributed by atoms with Gasteiger partial charge in [-0.3, -0.25) is 4.99 Å². The first-order valence-electron chi connectivity index (χ1n) is 6.29. The zero-order valence-electron chi connectivity index (χ0n) is 11.0. The van der Waals surface area contributed by atoms with Gasteiger partial charge >= 0.3 is 0 Å². The lowest BCUT2D eigenvalue weighted by Crippen LogP contribution is -2.10. The van der Waals surface area contributed by atoms with Crippen LogP contribution in [0.2, 0.25) is 0 Å². The van der Waals surface area contributed by atoms with E-state index in [-0.39, 0.29) is 12.5 Å². The van der Waals surface area contributed by atoms with Crippen molar-refractivity contribution in [2.24, 2.45) is 4.99 Å². The predicted octanol–water partition coefficient (Wildman–Crippen LogP) is 2.57.